The molecule has 0 amide bonds. The van der Waals surface area contributed by atoms with E-state index in [0.29, 0.717) is 25.7 Å². The van der Waals surface area contributed by atoms with Crippen LogP contribution in [0.2, 0.25) is 0 Å². The molecule has 1 heterocycles. The van der Waals surface area contributed by atoms with E-state index in [4.69, 9.17) is 4.74 Å². The Labute approximate surface area is 136 Å². The van der Waals surface area contributed by atoms with Gasteiger partial charge in [0.1, 0.15) is 5.78 Å². The van der Waals surface area contributed by atoms with Crippen molar-refractivity contribution in [3.05, 3.63) is 23.3 Å². The first-order chi connectivity index (χ1) is 10.9. The monoisotopic (exact) mass is 319 g/mol. The van der Waals surface area contributed by atoms with E-state index < -0.39 is 16.8 Å². The van der Waals surface area contributed by atoms with Gasteiger partial charge in [0.2, 0.25) is 5.79 Å². The fraction of sp³-hybridized carbons (Fsp3) is 0.722. The molecule has 1 unspecified atom stereocenters. The standard InChI is InChI=1S/C18H25NO4/c1-19-9-8-16-11-13(20)5-7-17(16,21)14(19)10-12-4-3-6-18(22,23-2)15(12)16/h3,6,14,21-22H,4-5,7-11H2,1-2H3/t14-,16-,17-,18?/m1/s1. The van der Waals surface area contributed by atoms with Crippen LogP contribution in [0, 0.1) is 5.41 Å². The number of allylic oxidation sites excluding steroid dienone is 1. The third-order valence-electron chi connectivity index (χ3n) is 6.74. The molecule has 1 saturated carbocycles. The number of carbonyl (C=O) groups excluding carboxylic acids is 1. The second-order valence-electron chi connectivity index (χ2n) is 7.66. The highest BCUT2D eigenvalue weighted by Crippen LogP contribution is 2.63. The summed E-state index contributed by atoms with van der Waals surface area (Å²) in [5.41, 5.74) is 0.246. The maximum absolute atomic E-state index is 12.3. The SMILES string of the molecule is COC1(O)C=CCC2=C1[C@]13CCN(C)[C@H](C2)[C@]1(O)CCC(=O)C3. The molecule has 4 rings (SSSR count). The number of ketones is 1. The van der Waals surface area contributed by atoms with Crippen LogP contribution in [0.5, 0.6) is 0 Å². The second kappa shape index (κ2) is 4.76. The van der Waals surface area contributed by atoms with Crippen LogP contribution in [-0.2, 0) is 9.53 Å². The number of hydrogen-bond donors (Lipinski definition) is 2. The van der Waals surface area contributed by atoms with E-state index in [9.17, 15) is 15.0 Å². The Balaban J connectivity index is 1.96. The van der Waals surface area contributed by atoms with Gasteiger partial charge in [-0.1, -0.05) is 11.6 Å². The lowest BCUT2D eigenvalue weighted by Crippen LogP contribution is -2.72. The number of likely N-dealkylation sites (N-methyl/N-ethyl adjacent to an activating group) is 1. The molecule has 126 valence electrons. The summed E-state index contributed by atoms with van der Waals surface area (Å²) in [4.78, 5) is 14.5. The number of aliphatic hydroxyl groups is 2. The fourth-order valence-electron chi connectivity index (χ4n) is 5.65. The van der Waals surface area contributed by atoms with Crippen molar-refractivity contribution in [3.63, 3.8) is 0 Å². The zero-order valence-corrected chi connectivity index (χ0v) is 13.8. The highest BCUT2D eigenvalue weighted by Gasteiger charge is 2.67. The maximum Gasteiger partial charge on any atom is 0.209 e. The molecule has 23 heavy (non-hydrogen) atoms. The molecule has 1 aliphatic heterocycles. The van der Waals surface area contributed by atoms with Crippen molar-refractivity contribution in [2.45, 2.75) is 56.0 Å². The number of nitrogens with zero attached hydrogens (tertiary/aromatic N) is 1. The van der Waals surface area contributed by atoms with E-state index in [1.165, 1.54) is 7.11 Å². The van der Waals surface area contributed by atoms with Gasteiger partial charge in [-0.25, -0.2) is 0 Å². The van der Waals surface area contributed by atoms with Crippen molar-refractivity contribution >= 4 is 5.78 Å². The van der Waals surface area contributed by atoms with E-state index in [2.05, 4.69) is 11.9 Å². The molecule has 4 atom stereocenters. The van der Waals surface area contributed by atoms with Gasteiger partial charge in [0.25, 0.3) is 0 Å². The molecule has 3 aliphatic carbocycles. The van der Waals surface area contributed by atoms with Crippen molar-refractivity contribution in [2.75, 3.05) is 20.7 Å². The molecule has 0 radical (unpaired) electrons. The Hall–Kier alpha value is -1.01. The molecule has 1 saturated heterocycles. The van der Waals surface area contributed by atoms with Crippen LogP contribution in [0.3, 0.4) is 0 Å². The van der Waals surface area contributed by atoms with Crippen LogP contribution < -0.4 is 0 Å². The largest absolute Gasteiger partial charge is 0.387 e. The van der Waals surface area contributed by atoms with Crippen LogP contribution in [-0.4, -0.2) is 59.0 Å². The average Bonchev–Trinajstić information content (AvgIpc) is 2.52. The van der Waals surface area contributed by atoms with Crippen LogP contribution in [0.1, 0.15) is 38.5 Å². The average molecular weight is 319 g/mol. The Kier molecular flexibility index (Phi) is 3.21. The number of hydrogen-bond acceptors (Lipinski definition) is 5. The van der Waals surface area contributed by atoms with Crippen molar-refractivity contribution in [1.29, 1.82) is 0 Å². The highest BCUT2D eigenvalue weighted by molar-refractivity contribution is 5.82. The van der Waals surface area contributed by atoms with Crippen LogP contribution in [0.15, 0.2) is 23.3 Å². The molecule has 5 nitrogen and oxygen atoms in total. The summed E-state index contributed by atoms with van der Waals surface area (Å²) in [6.45, 7) is 0.820. The van der Waals surface area contributed by atoms with Gasteiger partial charge in [-0.2, -0.15) is 0 Å². The van der Waals surface area contributed by atoms with Gasteiger partial charge < -0.3 is 19.8 Å². The van der Waals surface area contributed by atoms with Gasteiger partial charge in [-0.3, -0.25) is 4.79 Å². The number of ether oxygens (including phenoxy) is 1. The molecule has 0 aromatic heterocycles. The third-order valence-corrected chi connectivity index (χ3v) is 6.74. The summed E-state index contributed by atoms with van der Waals surface area (Å²) in [5, 5.41) is 22.8. The third kappa shape index (κ3) is 1.79. The van der Waals surface area contributed by atoms with Gasteiger partial charge in [0.05, 0.1) is 5.60 Å². The zero-order chi connectivity index (χ0) is 16.5. The Morgan fingerprint density at radius 3 is 2.87 bits per heavy atom. The lowest BCUT2D eigenvalue weighted by atomic mass is 9.47. The first kappa shape index (κ1) is 15.5. The molecule has 5 heteroatoms. The number of likely N-dealkylation sites (tertiary alicyclic amines) is 1. The first-order valence-corrected chi connectivity index (χ1v) is 8.49. The molecule has 4 aliphatic rings. The van der Waals surface area contributed by atoms with Crippen LogP contribution >= 0.6 is 0 Å². The van der Waals surface area contributed by atoms with Crippen molar-refractivity contribution in [2.24, 2.45) is 5.41 Å². The van der Waals surface area contributed by atoms with Crippen molar-refractivity contribution < 1.29 is 19.7 Å². The van der Waals surface area contributed by atoms with E-state index in [1.54, 1.807) is 6.08 Å². The predicted molar refractivity (Wildman–Crippen MR) is 84.6 cm³/mol. The number of methoxy groups -OCH3 is 1. The van der Waals surface area contributed by atoms with Crippen molar-refractivity contribution in [3.8, 4) is 0 Å². The Morgan fingerprint density at radius 2 is 2.13 bits per heavy atom. The maximum atomic E-state index is 12.3. The summed E-state index contributed by atoms with van der Waals surface area (Å²) in [5.74, 6) is -1.32. The van der Waals surface area contributed by atoms with Gasteiger partial charge in [-0.15, -0.1) is 0 Å². The lowest BCUT2D eigenvalue weighted by Gasteiger charge is -2.65. The molecule has 2 N–H and O–H groups in total. The Morgan fingerprint density at radius 1 is 1.35 bits per heavy atom. The number of carbonyl (C=O) groups is 1. The van der Waals surface area contributed by atoms with E-state index in [0.717, 1.165) is 30.5 Å². The predicted octanol–water partition coefficient (Wildman–Crippen LogP) is 1.16. The van der Waals surface area contributed by atoms with E-state index in [-0.39, 0.29) is 11.8 Å². The normalized spacial score (nSPS) is 46.6. The number of piperidine rings is 1. The number of Topliss-reactive ketones (excluding diaryl/α,β-unsaturated/α-hetero) is 1. The molecular formula is C18H25NO4. The Bertz CT molecular complexity index is 627. The smallest absolute Gasteiger partial charge is 0.209 e. The van der Waals surface area contributed by atoms with Gasteiger partial charge in [-0.05, 0) is 45.4 Å². The first-order valence-electron chi connectivity index (χ1n) is 8.49. The van der Waals surface area contributed by atoms with Gasteiger partial charge in [0.15, 0.2) is 0 Å². The molecular weight excluding hydrogens is 294 g/mol. The van der Waals surface area contributed by atoms with Gasteiger partial charge in [0, 0.05) is 37.0 Å². The van der Waals surface area contributed by atoms with Crippen LogP contribution in [0.25, 0.3) is 0 Å². The molecule has 0 spiro atoms. The minimum absolute atomic E-state index is 0.00991. The molecule has 0 aromatic rings. The summed E-state index contributed by atoms with van der Waals surface area (Å²) in [7, 11) is 3.54. The lowest BCUT2D eigenvalue weighted by molar-refractivity contribution is -0.212. The highest BCUT2D eigenvalue weighted by atomic mass is 16.6. The summed E-state index contributed by atoms with van der Waals surface area (Å²) in [6.07, 6.45) is 6.99. The van der Waals surface area contributed by atoms with E-state index >= 15 is 0 Å². The molecule has 2 bridgehead atoms. The number of rotatable bonds is 1. The minimum atomic E-state index is -1.50. The van der Waals surface area contributed by atoms with Crippen LogP contribution in [0.4, 0.5) is 0 Å². The minimum Gasteiger partial charge on any atom is -0.387 e. The zero-order valence-electron chi connectivity index (χ0n) is 13.8. The van der Waals surface area contributed by atoms with Crippen molar-refractivity contribution in [1.82, 2.24) is 4.90 Å². The fourth-order valence-corrected chi connectivity index (χ4v) is 5.65. The summed E-state index contributed by atoms with van der Waals surface area (Å²) >= 11 is 0. The molecule has 2 fully saturated rings. The van der Waals surface area contributed by atoms with Gasteiger partial charge >= 0.3 is 0 Å². The quantitative estimate of drug-likeness (QED) is 0.560. The summed E-state index contributed by atoms with van der Waals surface area (Å²) in [6, 6.07) is 0.00991. The summed E-state index contributed by atoms with van der Waals surface area (Å²) < 4.78 is 5.47. The molecule has 0 aromatic carbocycles. The second-order valence-corrected chi connectivity index (χ2v) is 7.66. The topological polar surface area (TPSA) is 70.0 Å². The van der Waals surface area contributed by atoms with E-state index in [1.807, 2.05) is 6.08 Å².